The minimum Gasteiger partial charge on any atom is -0.326 e. The average Bonchev–Trinajstić information content (AvgIpc) is 2.47. The summed E-state index contributed by atoms with van der Waals surface area (Å²) in [6, 6.07) is 4.71. The van der Waals surface area contributed by atoms with Gasteiger partial charge in [-0.05, 0) is 43.5 Å². The summed E-state index contributed by atoms with van der Waals surface area (Å²) in [6.07, 6.45) is 2.58. The zero-order valence-electron chi connectivity index (χ0n) is 13.0. The highest BCUT2D eigenvalue weighted by Gasteiger charge is 2.28. The van der Waals surface area contributed by atoms with Crippen molar-refractivity contribution in [2.24, 2.45) is 5.73 Å². The van der Waals surface area contributed by atoms with Gasteiger partial charge in [0.1, 0.15) is 0 Å². The van der Waals surface area contributed by atoms with Gasteiger partial charge in [-0.3, -0.25) is 0 Å². The molecule has 1 aromatic carbocycles. The second-order valence-corrected chi connectivity index (χ2v) is 7.48. The van der Waals surface area contributed by atoms with Crippen molar-refractivity contribution in [3.05, 3.63) is 28.8 Å². The maximum Gasteiger partial charge on any atom is 0.243 e. The molecule has 2 N–H and O–H groups in total. The monoisotopic (exact) mass is 332 g/mol. The lowest BCUT2D eigenvalue weighted by atomic mass is 10.2. The molecule has 1 unspecified atom stereocenters. The predicted molar refractivity (Wildman–Crippen MR) is 87.9 cm³/mol. The zero-order valence-corrected chi connectivity index (χ0v) is 14.5. The summed E-state index contributed by atoms with van der Waals surface area (Å²) >= 11 is 6.01. The molecule has 4 nitrogen and oxygen atoms in total. The Labute approximate surface area is 133 Å². The Balaban J connectivity index is 3.21. The van der Waals surface area contributed by atoms with E-state index < -0.39 is 10.0 Å². The fraction of sp³-hybridized carbons (Fsp3) is 0.600. The molecule has 0 bridgehead atoms. The molecule has 0 spiro atoms. The van der Waals surface area contributed by atoms with Crippen LogP contribution in [-0.4, -0.2) is 25.3 Å². The molecule has 0 aliphatic heterocycles. The second kappa shape index (κ2) is 8.13. The molecule has 1 rings (SSSR count). The fourth-order valence-corrected chi connectivity index (χ4v) is 4.09. The Bertz CT molecular complexity index is 561. The number of sulfonamides is 1. The molecule has 120 valence electrons. The molecule has 0 saturated heterocycles. The first-order valence-corrected chi connectivity index (χ1v) is 9.20. The zero-order chi connectivity index (χ0) is 16.0. The molecule has 0 aromatic heterocycles. The van der Waals surface area contributed by atoms with Crippen LogP contribution >= 0.6 is 11.6 Å². The van der Waals surface area contributed by atoms with Crippen LogP contribution in [0.15, 0.2) is 23.1 Å². The first-order chi connectivity index (χ1) is 9.88. The molecule has 0 heterocycles. The van der Waals surface area contributed by atoms with Gasteiger partial charge in [0.25, 0.3) is 0 Å². The van der Waals surface area contributed by atoms with Gasteiger partial charge >= 0.3 is 0 Å². The van der Waals surface area contributed by atoms with E-state index in [1.54, 1.807) is 22.5 Å². The van der Waals surface area contributed by atoms with Crippen molar-refractivity contribution < 1.29 is 8.42 Å². The van der Waals surface area contributed by atoms with Gasteiger partial charge in [-0.1, -0.05) is 31.9 Å². The van der Waals surface area contributed by atoms with E-state index in [-0.39, 0.29) is 17.5 Å². The Kier molecular flexibility index (Phi) is 7.13. The highest BCUT2D eigenvalue weighted by Crippen LogP contribution is 2.25. The third-order valence-electron chi connectivity index (χ3n) is 3.66. The molecule has 0 aliphatic carbocycles. The highest BCUT2D eigenvalue weighted by atomic mass is 35.5. The predicted octanol–water partition coefficient (Wildman–Crippen LogP) is 3.39. The Morgan fingerprint density at radius 2 is 2.00 bits per heavy atom. The van der Waals surface area contributed by atoms with Gasteiger partial charge in [0, 0.05) is 24.2 Å². The molecule has 1 aromatic rings. The van der Waals surface area contributed by atoms with Gasteiger partial charge in [0.05, 0.1) is 4.90 Å². The molecule has 21 heavy (non-hydrogen) atoms. The number of nitrogens with two attached hydrogens (primary N) is 1. The molecular weight excluding hydrogens is 308 g/mol. The van der Waals surface area contributed by atoms with Crippen LogP contribution in [-0.2, 0) is 16.6 Å². The minimum atomic E-state index is -3.51. The van der Waals surface area contributed by atoms with Gasteiger partial charge < -0.3 is 5.73 Å². The lowest BCUT2D eigenvalue weighted by Crippen LogP contribution is -2.39. The fourth-order valence-electron chi connectivity index (χ4n) is 2.10. The summed E-state index contributed by atoms with van der Waals surface area (Å²) in [5, 5.41) is 0.500. The summed E-state index contributed by atoms with van der Waals surface area (Å²) in [5.41, 5.74) is 6.26. The van der Waals surface area contributed by atoms with E-state index in [4.69, 9.17) is 17.3 Å². The Morgan fingerprint density at radius 1 is 1.33 bits per heavy atom. The summed E-state index contributed by atoms with van der Waals surface area (Å²) < 4.78 is 27.3. The van der Waals surface area contributed by atoms with Crippen LogP contribution < -0.4 is 5.73 Å². The number of halogens is 1. The van der Waals surface area contributed by atoms with E-state index in [2.05, 4.69) is 6.92 Å². The van der Waals surface area contributed by atoms with Crippen molar-refractivity contribution in [2.45, 2.75) is 57.5 Å². The van der Waals surface area contributed by atoms with Gasteiger partial charge in [0.2, 0.25) is 10.0 Å². The summed E-state index contributed by atoms with van der Waals surface area (Å²) in [4.78, 5) is 0.267. The third kappa shape index (κ3) is 4.42. The summed E-state index contributed by atoms with van der Waals surface area (Å²) in [7, 11) is -3.51. The van der Waals surface area contributed by atoms with Gasteiger partial charge in [-0.25, -0.2) is 8.42 Å². The Hall–Kier alpha value is -0.620. The van der Waals surface area contributed by atoms with Crippen molar-refractivity contribution in [1.29, 1.82) is 0 Å². The van der Waals surface area contributed by atoms with Crippen LogP contribution in [0.5, 0.6) is 0 Å². The minimum absolute atomic E-state index is 0.0291. The van der Waals surface area contributed by atoms with Gasteiger partial charge in [0.15, 0.2) is 0 Å². The first kappa shape index (κ1) is 18.4. The van der Waals surface area contributed by atoms with Crippen LogP contribution in [0.1, 0.15) is 45.6 Å². The van der Waals surface area contributed by atoms with E-state index in [1.807, 2.05) is 13.8 Å². The van der Waals surface area contributed by atoms with Gasteiger partial charge in [-0.2, -0.15) is 4.31 Å². The smallest absolute Gasteiger partial charge is 0.243 e. The van der Waals surface area contributed by atoms with Crippen molar-refractivity contribution in [2.75, 3.05) is 6.54 Å². The van der Waals surface area contributed by atoms with Crippen molar-refractivity contribution in [3.8, 4) is 0 Å². The van der Waals surface area contributed by atoms with Crippen molar-refractivity contribution in [3.63, 3.8) is 0 Å². The molecule has 1 atom stereocenters. The largest absolute Gasteiger partial charge is 0.326 e. The SMILES string of the molecule is CCCCN(C(C)CC)S(=O)(=O)c1ccc(Cl)c(CN)c1. The van der Waals surface area contributed by atoms with Crippen LogP contribution in [0.4, 0.5) is 0 Å². The van der Waals surface area contributed by atoms with E-state index in [0.717, 1.165) is 19.3 Å². The molecule has 0 saturated carbocycles. The number of nitrogens with zero attached hydrogens (tertiary/aromatic N) is 1. The second-order valence-electron chi connectivity index (χ2n) is 5.18. The third-order valence-corrected chi connectivity index (χ3v) is 6.04. The maximum absolute atomic E-state index is 12.9. The van der Waals surface area contributed by atoms with Crippen LogP contribution in [0.2, 0.25) is 5.02 Å². The average molecular weight is 333 g/mol. The van der Waals surface area contributed by atoms with Gasteiger partial charge in [-0.15, -0.1) is 0 Å². The molecular formula is C15H25ClN2O2S. The molecule has 0 aliphatic rings. The highest BCUT2D eigenvalue weighted by molar-refractivity contribution is 7.89. The molecule has 0 amide bonds. The standard InChI is InChI=1S/C15H25ClN2O2S/c1-4-6-9-18(12(3)5-2)21(19,20)14-7-8-15(16)13(10-14)11-17/h7-8,10,12H,4-6,9,11,17H2,1-3H3. The normalized spacial score (nSPS) is 13.6. The van der Waals surface area contributed by atoms with Crippen molar-refractivity contribution in [1.82, 2.24) is 4.31 Å². The Morgan fingerprint density at radius 3 is 2.52 bits per heavy atom. The van der Waals surface area contributed by atoms with Crippen LogP contribution in [0.25, 0.3) is 0 Å². The number of unbranched alkanes of at least 4 members (excludes halogenated alkanes) is 1. The van der Waals surface area contributed by atoms with E-state index in [9.17, 15) is 8.42 Å². The summed E-state index contributed by atoms with van der Waals surface area (Å²) in [6.45, 7) is 6.74. The van der Waals surface area contributed by atoms with E-state index in [1.165, 1.54) is 0 Å². The molecule has 6 heteroatoms. The lowest BCUT2D eigenvalue weighted by Gasteiger charge is -2.28. The number of hydrogen-bond acceptors (Lipinski definition) is 3. The topological polar surface area (TPSA) is 63.4 Å². The van der Waals surface area contributed by atoms with E-state index >= 15 is 0 Å². The first-order valence-electron chi connectivity index (χ1n) is 7.38. The summed E-state index contributed by atoms with van der Waals surface area (Å²) in [5.74, 6) is 0. The molecule has 0 fully saturated rings. The van der Waals surface area contributed by atoms with Crippen LogP contribution in [0, 0.1) is 0 Å². The quantitative estimate of drug-likeness (QED) is 0.793. The lowest BCUT2D eigenvalue weighted by molar-refractivity contribution is 0.324. The van der Waals surface area contributed by atoms with Crippen molar-refractivity contribution >= 4 is 21.6 Å². The van der Waals surface area contributed by atoms with Crippen LogP contribution in [0.3, 0.4) is 0 Å². The number of rotatable bonds is 8. The van der Waals surface area contributed by atoms with E-state index in [0.29, 0.717) is 17.1 Å². The number of hydrogen-bond donors (Lipinski definition) is 1. The molecule has 0 radical (unpaired) electrons. The number of benzene rings is 1. The maximum atomic E-state index is 12.9.